The minimum atomic E-state index is 0.567. The van der Waals surface area contributed by atoms with E-state index >= 15 is 0 Å². The molecular weight excluding hydrogens is 278 g/mol. The number of nitrogens with zero attached hydrogens (tertiary/aromatic N) is 2. The summed E-state index contributed by atoms with van der Waals surface area (Å²) in [5.41, 5.74) is 1.25. The molecule has 5 nitrogen and oxygen atoms in total. The second-order valence-electron chi connectivity index (χ2n) is 5.68. The van der Waals surface area contributed by atoms with Crippen LogP contribution in [0.15, 0.2) is 36.5 Å². The molecule has 2 aromatic rings. The minimum Gasteiger partial charge on any atom is -0.497 e. The van der Waals surface area contributed by atoms with Crippen molar-refractivity contribution in [1.29, 1.82) is 0 Å². The molecule has 118 valence electrons. The summed E-state index contributed by atoms with van der Waals surface area (Å²) in [7, 11) is 1.67. The maximum absolute atomic E-state index is 5.82. The zero-order chi connectivity index (χ0) is 15.2. The Morgan fingerprint density at radius 2 is 2.05 bits per heavy atom. The van der Waals surface area contributed by atoms with Crippen LogP contribution < -0.4 is 9.47 Å². The fraction of sp³-hybridized carbons (Fsp3) is 0.471. The van der Waals surface area contributed by atoms with E-state index in [2.05, 4.69) is 21.2 Å². The predicted octanol–water partition coefficient (Wildman–Crippen LogP) is 2.68. The smallest absolute Gasteiger partial charge is 0.119 e. The van der Waals surface area contributed by atoms with Gasteiger partial charge in [-0.25, -0.2) is 0 Å². The molecule has 1 N–H and O–H groups in total. The summed E-state index contributed by atoms with van der Waals surface area (Å²) in [4.78, 5) is 2.47. The van der Waals surface area contributed by atoms with Crippen LogP contribution in [-0.4, -0.2) is 48.4 Å². The lowest BCUT2D eigenvalue weighted by Crippen LogP contribution is -2.37. The van der Waals surface area contributed by atoms with Gasteiger partial charge in [-0.2, -0.15) is 5.10 Å². The first-order valence-corrected chi connectivity index (χ1v) is 7.83. The van der Waals surface area contributed by atoms with Crippen molar-refractivity contribution in [3.63, 3.8) is 0 Å². The molecule has 1 fully saturated rings. The van der Waals surface area contributed by atoms with E-state index in [-0.39, 0.29) is 0 Å². The van der Waals surface area contributed by atoms with Crippen molar-refractivity contribution in [3.05, 3.63) is 42.2 Å². The first-order chi connectivity index (χ1) is 10.8. The Balaban J connectivity index is 1.44. The van der Waals surface area contributed by atoms with Crippen molar-refractivity contribution in [1.82, 2.24) is 15.1 Å². The second-order valence-corrected chi connectivity index (χ2v) is 5.68. The first-order valence-electron chi connectivity index (χ1n) is 7.83. The average molecular weight is 301 g/mol. The van der Waals surface area contributed by atoms with Gasteiger partial charge in [-0.15, -0.1) is 0 Å². The van der Waals surface area contributed by atoms with Crippen molar-refractivity contribution >= 4 is 0 Å². The molecule has 1 aliphatic heterocycles. The number of likely N-dealkylation sites (tertiary alicyclic amines) is 1. The number of aromatic nitrogens is 2. The van der Waals surface area contributed by atoms with Crippen LogP contribution in [0.5, 0.6) is 11.5 Å². The summed E-state index contributed by atoms with van der Waals surface area (Å²) in [6, 6.07) is 9.82. The van der Waals surface area contributed by atoms with E-state index < -0.39 is 0 Å². The highest BCUT2D eigenvalue weighted by atomic mass is 16.5. The van der Waals surface area contributed by atoms with Crippen LogP contribution >= 0.6 is 0 Å². The Hall–Kier alpha value is -2.01. The van der Waals surface area contributed by atoms with Gasteiger partial charge in [0, 0.05) is 30.9 Å². The van der Waals surface area contributed by atoms with Gasteiger partial charge in [0.15, 0.2) is 0 Å². The van der Waals surface area contributed by atoms with E-state index in [0.717, 1.165) is 31.1 Å². The molecule has 22 heavy (non-hydrogen) atoms. The molecule has 0 radical (unpaired) electrons. The van der Waals surface area contributed by atoms with Crippen LogP contribution in [0.4, 0.5) is 0 Å². The summed E-state index contributed by atoms with van der Waals surface area (Å²) in [5.74, 6) is 2.31. The number of rotatable bonds is 6. The molecule has 1 atom stereocenters. The van der Waals surface area contributed by atoms with Gasteiger partial charge < -0.3 is 9.47 Å². The van der Waals surface area contributed by atoms with Crippen LogP contribution in [0.3, 0.4) is 0 Å². The summed E-state index contributed by atoms with van der Waals surface area (Å²) in [5, 5.41) is 7.16. The third kappa shape index (κ3) is 3.80. The van der Waals surface area contributed by atoms with Crippen molar-refractivity contribution in [2.45, 2.75) is 18.8 Å². The molecule has 1 aliphatic rings. The van der Waals surface area contributed by atoms with E-state index in [4.69, 9.17) is 9.47 Å². The highest BCUT2D eigenvalue weighted by Crippen LogP contribution is 2.25. The third-order valence-electron chi connectivity index (χ3n) is 4.20. The highest BCUT2D eigenvalue weighted by Gasteiger charge is 2.21. The monoisotopic (exact) mass is 301 g/mol. The van der Waals surface area contributed by atoms with E-state index in [1.807, 2.05) is 30.5 Å². The van der Waals surface area contributed by atoms with Crippen LogP contribution in [0.25, 0.3) is 0 Å². The Morgan fingerprint density at radius 1 is 1.23 bits per heavy atom. The Labute approximate surface area is 131 Å². The van der Waals surface area contributed by atoms with Crippen LogP contribution in [-0.2, 0) is 0 Å². The third-order valence-corrected chi connectivity index (χ3v) is 4.20. The molecule has 0 saturated carbocycles. The summed E-state index contributed by atoms with van der Waals surface area (Å²) < 4.78 is 11.0. The molecular formula is C17H23N3O2. The maximum Gasteiger partial charge on any atom is 0.119 e. The van der Waals surface area contributed by atoms with Crippen molar-refractivity contribution in [2.75, 3.05) is 33.4 Å². The number of hydrogen-bond donors (Lipinski definition) is 1. The topological polar surface area (TPSA) is 50.4 Å². The normalized spacial score (nSPS) is 19.0. The zero-order valence-corrected chi connectivity index (χ0v) is 13.0. The van der Waals surface area contributed by atoms with Gasteiger partial charge in [0.1, 0.15) is 18.1 Å². The lowest BCUT2D eigenvalue weighted by molar-refractivity contribution is 0.169. The van der Waals surface area contributed by atoms with Gasteiger partial charge in [-0.3, -0.25) is 10.00 Å². The highest BCUT2D eigenvalue weighted by molar-refractivity contribution is 5.31. The number of ether oxygens (including phenoxy) is 2. The Morgan fingerprint density at radius 3 is 2.77 bits per heavy atom. The van der Waals surface area contributed by atoms with Crippen LogP contribution in [0, 0.1) is 0 Å². The zero-order valence-electron chi connectivity index (χ0n) is 13.0. The summed E-state index contributed by atoms with van der Waals surface area (Å²) in [6.07, 6.45) is 4.30. The Bertz CT molecular complexity index is 554. The summed E-state index contributed by atoms with van der Waals surface area (Å²) in [6.45, 7) is 3.89. The van der Waals surface area contributed by atoms with Gasteiger partial charge >= 0.3 is 0 Å². The van der Waals surface area contributed by atoms with E-state index in [1.54, 1.807) is 7.11 Å². The predicted molar refractivity (Wildman–Crippen MR) is 85.5 cm³/mol. The number of H-pyrrole nitrogens is 1. The molecule has 1 aromatic carbocycles. The molecule has 2 heterocycles. The molecule has 5 heteroatoms. The number of piperidine rings is 1. The fourth-order valence-electron chi connectivity index (χ4n) is 2.97. The summed E-state index contributed by atoms with van der Waals surface area (Å²) >= 11 is 0. The molecule has 1 unspecified atom stereocenters. The molecule has 1 aromatic heterocycles. The van der Waals surface area contributed by atoms with Crippen molar-refractivity contribution in [2.24, 2.45) is 0 Å². The number of benzene rings is 1. The molecule has 0 aliphatic carbocycles. The number of nitrogens with one attached hydrogen (secondary N) is 1. The largest absolute Gasteiger partial charge is 0.497 e. The second kappa shape index (κ2) is 7.31. The Kier molecular flexibility index (Phi) is 4.96. The molecule has 0 spiro atoms. The average Bonchev–Trinajstić information content (AvgIpc) is 3.10. The molecule has 0 amide bonds. The van der Waals surface area contributed by atoms with Gasteiger partial charge in [0.05, 0.1) is 7.11 Å². The minimum absolute atomic E-state index is 0.567. The number of hydrogen-bond acceptors (Lipinski definition) is 4. The standard InChI is InChI=1S/C17H23N3O2/c1-21-15-4-6-16(7-5-15)22-12-11-20-10-2-3-14(13-20)17-8-9-18-19-17/h4-9,14H,2-3,10-13H2,1H3,(H,18,19). The number of aromatic amines is 1. The van der Waals surface area contributed by atoms with Gasteiger partial charge in [-0.05, 0) is 49.7 Å². The van der Waals surface area contributed by atoms with Crippen LogP contribution in [0.1, 0.15) is 24.5 Å². The quantitative estimate of drug-likeness (QED) is 0.891. The van der Waals surface area contributed by atoms with Gasteiger partial charge in [-0.1, -0.05) is 0 Å². The van der Waals surface area contributed by atoms with Crippen LogP contribution in [0.2, 0.25) is 0 Å². The SMILES string of the molecule is COc1ccc(OCCN2CCCC(c3ccn[nH]3)C2)cc1. The lowest BCUT2D eigenvalue weighted by Gasteiger charge is -2.32. The van der Waals surface area contributed by atoms with Gasteiger partial charge in [0.2, 0.25) is 0 Å². The van der Waals surface area contributed by atoms with Gasteiger partial charge in [0.25, 0.3) is 0 Å². The van der Waals surface area contributed by atoms with E-state index in [9.17, 15) is 0 Å². The fourth-order valence-corrected chi connectivity index (χ4v) is 2.97. The maximum atomic E-state index is 5.82. The van der Waals surface area contributed by atoms with Crippen molar-refractivity contribution < 1.29 is 9.47 Å². The lowest BCUT2D eigenvalue weighted by atomic mass is 9.95. The molecule has 3 rings (SSSR count). The molecule has 1 saturated heterocycles. The number of methoxy groups -OCH3 is 1. The van der Waals surface area contributed by atoms with E-state index in [1.165, 1.54) is 18.5 Å². The van der Waals surface area contributed by atoms with Crippen molar-refractivity contribution in [3.8, 4) is 11.5 Å². The molecule has 0 bridgehead atoms. The first kappa shape index (κ1) is 14.9. The van der Waals surface area contributed by atoms with E-state index in [0.29, 0.717) is 12.5 Å².